The lowest BCUT2D eigenvalue weighted by Gasteiger charge is -2.30. The topological polar surface area (TPSA) is 66.5 Å². The van der Waals surface area contributed by atoms with E-state index in [0.29, 0.717) is 42.8 Å². The van der Waals surface area contributed by atoms with Crippen LogP contribution in [0.1, 0.15) is 11.1 Å². The first-order chi connectivity index (χ1) is 11.1. The second-order valence-corrected chi connectivity index (χ2v) is 5.72. The summed E-state index contributed by atoms with van der Waals surface area (Å²) in [6.07, 6.45) is 0. The van der Waals surface area contributed by atoms with Gasteiger partial charge in [-0.05, 0) is 31.2 Å². The van der Waals surface area contributed by atoms with Crippen LogP contribution in [0, 0.1) is 18.3 Å². The number of nitrogens with zero attached hydrogens (tertiary/aromatic N) is 2. The predicted octanol–water partition coefficient (Wildman–Crippen LogP) is 2.98. The van der Waals surface area contributed by atoms with Crippen molar-refractivity contribution in [2.24, 2.45) is 0 Å². The summed E-state index contributed by atoms with van der Waals surface area (Å²) in [4.78, 5) is 14.3. The van der Waals surface area contributed by atoms with Gasteiger partial charge in [0.25, 0.3) is 0 Å². The van der Waals surface area contributed by atoms with Gasteiger partial charge < -0.3 is 14.1 Å². The van der Waals surface area contributed by atoms with Gasteiger partial charge in [-0.2, -0.15) is 5.26 Å². The molecular weight excluding hydrogens is 316 g/mol. The van der Waals surface area contributed by atoms with Crippen LogP contribution in [0.4, 0.5) is 5.69 Å². The number of rotatable bonds is 2. The largest absolute Gasteiger partial charge is 0.421 e. The molecule has 0 N–H and O–H groups in total. The lowest BCUT2D eigenvalue weighted by atomic mass is 10.0. The number of anilines is 1. The zero-order valence-electron chi connectivity index (χ0n) is 12.6. The van der Waals surface area contributed by atoms with Crippen LogP contribution < -0.4 is 10.5 Å². The van der Waals surface area contributed by atoms with E-state index in [1.807, 2.05) is 17.9 Å². The smallest absolute Gasteiger partial charge is 0.356 e. The highest BCUT2D eigenvalue weighted by Gasteiger charge is 2.24. The highest BCUT2D eigenvalue weighted by molar-refractivity contribution is 6.30. The van der Waals surface area contributed by atoms with Gasteiger partial charge >= 0.3 is 5.63 Å². The molecule has 23 heavy (non-hydrogen) atoms. The molecule has 1 saturated heterocycles. The highest BCUT2D eigenvalue weighted by atomic mass is 35.5. The van der Waals surface area contributed by atoms with Crippen molar-refractivity contribution in [3.8, 4) is 17.4 Å². The van der Waals surface area contributed by atoms with E-state index in [4.69, 9.17) is 20.8 Å². The number of benzene rings is 1. The van der Waals surface area contributed by atoms with Crippen LogP contribution in [-0.2, 0) is 4.74 Å². The van der Waals surface area contributed by atoms with Crippen LogP contribution in [0.25, 0.3) is 11.3 Å². The summed E-state index contributed by atoms with van der Waals surface area (Å²) < 4.78 is 10.8. The van der Waals surface area contributed by atoms with Gasteiger partial charge in [-0.3, -0.25) is 0 Å². The first-order valence-electron chi connectivity index (χ1n) is 7.28. The molecule has 1 fully saturated rings. The fourth-order valence-corrected chi connectivity index (χ4v) is 2.90. The van der Waals surface area contributed by atoms with Gasteiger partial charge in [-0.1, -0.05) is 11.6 Å². The quantitative estimate of drug-likeness (QED) is 0.847. The molecule has 0 amide bonds. The first-order valence-corrected chi connectivity index (χ1v) is 7.66. The minimum atomic E-state index is -0.621. The lowest BCUT2D eigenvalue weighted by Crippen LogP contribution is -2.38. The zero-order valence-corrected chi connectivity index (χ0v) is 13.4. The van der Waals surface area contributed by atoms with Crippen molar-refractivity contribution in [2.75, 3.05) is 31.2 Å². The van der Waals surface area contributed by atoms with Crippen molar-refractivity contribution in [3.05, 3.63) is 50.8 Å². The minimum Gasteiger partial charge on any atom is -0.421 e. The molecule has 118 valence electrons. The molecule has 0 radical (unpaired) electrons. The normalized spacial score (nSPS) is 14.6. The maximum Gasteiger partial charge on any atom is 0.356 e. The number of ether oxygens (including phenoxy) is 1. The average Bonchev–Trinajstić information content (AvgIpc) is 2.58. The molecule has 5 nitrogen and oxygen atoms in total. The Kier molecular flexibility index (Phi) is 4.37. The van der Waals surface area contributed by atoms with Crippen molar-refractivity contribution in [1.82, 2.24) is 0 Å². The van der Waals surface area contributed by atoms with E-state index < -0.39 is 5.63 Å². The number of morpholine rings is 1. The second kappa shape index (κ2) is 6.45. The zero-order chi connectivity index (χ0) is 16.4. The highest BCUT2D eigenvalue weighted by Crippen LogP contribution is 2.32. The van der Waals surface area contributed by atoms with Crippen molar-refractivity contribution >= 4 is 17.3 Å². The summed E-state index contributed by atoms with van der Waals surface area (Å²) in [7, 11) is 0. The Bertz CT molecular complexity index is 815. The van der Waals surface area contributed by atoms with E-state index in [2.05, 4.69) is 0 Å². The summed E-state index contributed by atoms with van der Waals surface area (Å²) in [5.41, 5.74) is 1.58. The Balaban J connectivity index is 2.19. The van der Waals surface area contributed by atoms with Crippen molar-refractivity contribution < 1.29 is 9.15 Å². The third-order valence-corrected chi connectivity index (χ3v) is 4.13. The summed E-state index contributed by atoms with van der Waals surface area (Å²) in [5.74, 6) is 0.465. The molecule has 1 aliphatic rings. The lowest BCUT2D eigenvalue weighted by molar-refractivity contribution is 0.122. The van der Waals surface area contributed by atoms with Crippen molar-refractivity contribution in [2.45, 2.75) is 6.92 Å². The Labute approximate surface area is 138 Å². The van der Waals surface area contributed by atoms with Gasteiger partial charge in [0.05, 0.1) is 18.9 Å². The molecule has 0 unspecified atom stereocenters. The van der Waals surface area contributed by atoms with E-state index in [-0.39, 0.29) is 5.56 Å². The van der Waals surface area contributed by atoms with Crippen LogP contribution >= 0.6 is 11.6 Å². The fourth-order valence-electron chi connectivity index (χ4n) is 2.77. The van der Waals surface area contributed by atoms with Crippen LogP contribution in [-0.4, -0.2) is 26.3 Å². The van der Waals surface area contributed by atoms with Gasteiger partial charge in [0.15, 0.2) is 5.56 Å². The number of halogens is 1. The predicted molar refractivity (Wildman–Crippen MR) is 87.9 cm³/mol. The van der Waals surface area contributed by atoms with E-state index in [9.17, 15) is 10.1 Å². The first kappa shape index (κ1) is 15.6. The summed E-state index contributed by atoms with van der Waals surface area (Å²) >= 11 is 5.91. The molecule has 1 aromatic heterocycles. The molecule has 1 aliphatic heterocycles. The van der Waals surface area contributed by atoms with E-state index >= 15 is 0 Å². The van der Waals surface area contributed by atoms with Crippen LogP contribution in [0.3, 0.4) is 0 Å². The van der Waals surface area contributed by atoms with E-state index in [1.54, 1.807) is 24.3 Å². The summed E-state index contributed by atoms with van der Waals surface area (Å²) in [6, 6.07) is 9.05. The third-order valence-electron chi connectivity index (χ3n) is 3.88. The minimum absolute atomic E-state index is 0.0436. The number of hydrogen-bond acceptors (Lipinski definition) is 5. The van der Waals surface area contributed by atoms with Gasteiger partial charge in [-0.15, -0.1) is 0 Å². The number of hydrogen-bond donors (Lipinski definition) is 0. The Hall–Kier alpha value is -2.29. The van der Waals surface area contributed by atoms with E-state index in [0.717, 1.165) is 11.1 Å². The molecule has 0 aliphatic carbocycles. The molecular formula is C17H15ClN2O3. The fraction of sp³-hybridized carbons (Fsp3) is 0.294. The van der Waals surface area contributed by atoms with Gasteiger partial charge in [0, 0.05) is 29.2 Å². The monoisotopic (exact) mass is 330 g/mol. The molecule has 3 rings (SSSR count). The molecule has 0 bridgehead atoms. The molecule has 2 heterocycles. The van der Waals surface area contributed by atoms with Crippen LogP contribution in [0.15, 0.2) is 33.5 Å². The maximum absolute atomic E-state index is 12.3. The third kappa shape index (κ3) is 2.96. The van der Waals surface area contributed by atoms with Gasteiger partial charge in [0.1, 0.15) is 11.8 Å². The van der Waals surface area contributed by atoms with Crippen LogP contribution in [0.2, 0.25) is 5.02 Å². The SMILES string of the molecule is Cc1c(-c2ccc(Cl)cc2)oc(=O)c(C#N)c1N1CCOCC1. The van der Waals surface area contributed by atoms with Gasteiger partial charge in [0.2, 0.25) is 0 Å². The Morgan fingerprint density at radius 2 is 1.87 bits per heavy atom. The Morgan fingerprint density at radius 1 is 1.22 bits per heavy atom. The summed E-state index contributed by atoms with van der Waals surface area (Å²) in [5, 5.41) is 9.97. The molecule has 2 aromatic rings. The maximum atomic E-state index is 12.3. The number of nitriles is 1. The molecule has 1 aromatic carbocycles. The molecule has 0 spiro atoms. The molecule has 6 heteroatoms. The van der Waals surface area contributed by atoms with Crippen LogP contribution in [0.5, 0.6) is 0 Å². The molecule has 0 saturated carbocycles. The standard InChI is InChI=1S/C17H15ClN2O3/c1-11-15(20-6-8-22-9-7-20)14(10-19)17(21)23-16(11)12-2-4-13(18)5-3-12/h2-5H,6-9H2,1H3. The summed E-state index contributed by atoms with van der Waals surface area (Å²) in [6.45, 7) is 4.28. The van der Waals surface area contributed by atoms with Crippen molar-refractivity contribution in [3.63, 3.8) is 0 Å². The molecule has 0 atom stereocenters. The van der Waals surface area contributed by atoms with Crippen molar-refractivity contribution in [1.29, 1.82) is 5.26 Å². The van der Waals surface area contributed by atoms with E-state index in [1.165, 1.54) is 0 Å². The average molecular weight is 331 g/mol. The second-order valence-electron chi connectivity index (χ2n) is 5.29. The Morgan fingerprint density at radius 3 is 2.48 bits per heavy atom. The van der Waals surface area contributed by atoms with Gasteiger partial charge in [-0.25, -0.2) is 4.79 Å².